The summed E-state index contributed by atoms with van der Waals surface area (Å²) < 4.78 is 9.97. The maximum absolute atomic E-state index is 10.5. The monoisotopic (exact) mass is 205 g/mol. The van der Waals surface area contributed by atoms with Gasteiger partial charge in [0.25, 0.3) is 0 Å². The molecule has 5 nitrogen and oxygen atoms in total. The summed E-state index contributed by atoms with van der Waals surface area (Å²) in [6.45, 7) is 7.01. The van der Waals surface area contributed by atoms with E-state index in [2.05, 4.69) is 0 Å². The lowest BCUT2D eigenvalue weighted by Crippen LogP contribution is -2.37. The SMILES string of the molecule is CC(C)(O)COCC(C)(C)OC(N)=O. The molecule has 5 heteroatoms. The second-order valence-corrected chi connectivity index (χ2v) is 4.49. The van der Waals surface area contributed by atoms with E-state index in [0.29, 0.717) is 0 Å². The van der Waals surface area contributed by atoms with Crippen LogP contribution in [0, 0.1) is 0 Å². The molecule has 0 heterocycles. The number of nitrogens with two attached hydrogens (primary N) is 1. The van der Waals surface area contributed by atoms with Crippen molar-refractivity contribution in [3.8, 4) is 0 Å². The Labute approximate surface area is 84.2 Å². The maximum atomic E-state index is 10.5. The van der Waals surface area contributed by atoms with Gasteiger partial charge in [-0.3, -0.25) is 0 Å². The van der Waals surface area contributed by atoms with Gasteiger partial charge in [0.15, 0.2) is 0 Å². The van der Waals surface area contributed by atoms with E-state index in [1.807, 2.05) is 0 Å². The number of rotatable bonds is 5. The predicted octanol–water partition coefficient (Wildman–Crippen LogP) is 0.648. The smallest absolute Gasteiger partial charge is 0.405 e. The number of hydrogen-bond donors (Lipinski definition) is 2. The van der Waals surface area contributed by atoms with E-state index >= 15 is 0 Å². The molecule has 0 saturated carbocycles. The molecule has 0 aliphatic heterocycles. The topological polar surface area (TPSA) is 81.8 Å². The van der Waals surface area contributed by atoms with E-state index in [1.54, 1.807) is 27.7 Å². The highest BCUT2D eigenvalue weighted by Crippen LogP contribution is 2.11. The van der Waals surface area contributed by atoms with Gasteiger partial charge in [0.2, 0.25) is 0 Å². The molecule has 1 amide bonds. The molecule has 0 aromatic carbocycles. The van der Waals surface area contributed by atoms with Gasteiger partial charge in [-0.15, -0.1) is 0 Å². The standard InChI is InChI=1S/C9H19NO4/c1-8(2,12)5-13-6-9(3,4)14-7(10)11/h12H,5-6H2,1-4H3,(H2,10,11). The zero-order valence-corrected chi connectivity index (χ0v) is 9.16. The van der Waals surface area contributed by atoms with Crippen LogP contribution in [0.4, 0.5) is 4.79 Å². The predicted molar refractivity (Wildman–Crippen MR) is 51.9 cm³/mol. The number of ether oxygens (including phenoxy) is 2. The van der Waals surface area contributed by atoms with Gasteiger partial charge in [-0.1, -0.05) is 0 Å². The minimum absolute atomic E-state index is 0.179. The fourth-order valence-electron chi connectivity index (χ4n) is 0.848. The van der Waals surface area contributed by atoms with Crippen molar-refractivity contribution in [1.82, 2.24) is 0 Å². The first-order chi connectivity index (χ1) is 6.12. The first kappa shape index (κ1) is 13.2. The van der Waals surface area contributed by atoms with Gasteiger partial charge in [-0.2, -0.15) is 0 Å². The Morgan fingerprint density at radius 3 is 2.14 bits per heavy atom. The van der Waals surface area contributed by atoms with Crippen LogP contribution in [0.15, 0.2) is 0 Å². The van der Waals surface area contributed by atoms with Crippen molar-refractivity contribution in [1.29, 1.82) is 0 Å². The van der Waals surface area contributed by atoms with Crippen molar-refractivity contribution in [2.75, 3.05) is 13.2 Å². The zero-order chi connectivity index (χ0) is 11.4. The summed E-state index contributed by atoms with van der Waals surface area (Å²) in [7, 11) is 0. The molecule has 0 unspecified atom stereocenters. The number of primary amides is 1. The van der Waals surface area contributed by atoms with Crippen molar-refractivity contribution in [3.63, 3.8) is 0 Å². The highest BCUT2D eigenvalue weighted by atomic mass is 16.6. The molecule has 3 N–H and O–H groups in total. The van der Waals surface area contributed by atoms with Crippen LogP contribution in [0.2, 0.25) is 0 Å². The number of carbonyl (C=O) groups is 1. The Bertz CT molecular complexity index is 195. The third-order valence-electron chi connectivity index (χ3n) is 1.28. The summed E-state index contributed by atoms with van der Waals surface area (Å²) in [4.78, 5) is 10.5. The molecule has 14 heavy (non-hydrogen) atoms. The second kappa shape index (κ2) is 4.61. The minimum atomic E-state index is -0.886. The molecule has 0 spiro atoms. The van der Waals surface area contributed by atoms with Crippen LogP contribution in [0.5, 0.6) is 0 Å². The van der Waals surface area contributed by atoms with Crippen molar-refractivity contribution in [3.05, 3.63) is 0 Å². The first-order valence-electron chi connectivity index (χ1n) is 4.41. The summed E-state index contributed by atoms with van der Waals surface area (Å²) in [6.07, 6.45) is -0.832. The molecular formula is C9H19NO4. The highest BCUT2D eigenvalue weighted by molar-refractivity contribution is 5.65. The first-order valence-corrected chi connectivity index (χ1v) is 4.41. The molecule has 0 aromatic heterocycles. The number of hydrogen-bond acceptors (Lipinski definition) is 4. The third-order valence-corrected chi connectivity index (χ3v) is 1.28. The highest BCUT2D eigenvalue weighted by Gasteiger charge is 2.23. The van der Waals surface area contributed by atoms with E-state index in [4.69, 9.17) is 15.2 Å². The molecule has 0 saturated heterocycles. The Morgan fingerprint density at radius 2 is 1.79 bits per heavy atom. The van der Waals surface area contributed by atoms with Crippen molar-refractivity contribution >= 4 is 6.09 Å². The van der Waals surface area contributed by atoms with Crippen LogP contribution in [-0.4, -0.2) is 35.6 Å². The Kier molecular flexibility index (Phi) is 4.35. The quantitative estimate of drug-likeness (QED) is 0.690. The zero-order valence-electron chi connectivity index (χ0n) is 9.16. The van der Waals surface area contributed by atoms with E-state index < -0.39 is 17.3 Å². The molecule has 0 aromatic rings. The lowest BCUT2D eigenvalue weighted by molar-refractivity contribution is -0.0736. The lowest BCUT2D eigenvalue weighted by atomic mass is 10.1. The molecule has 0 bridgehead atoms. The van der Waals surface area contributed by atoms with Crippen LogP contribution in [0.25, 0.3) is 0 Å². The van der Waals surface area contributed by atoms with E-state index in [1.165, 1.54) is 0 Å². The summed E-state index contributed by atoms with van der Waals surface area (Å²) in [5.74, 6) is 0. The normalized spacial score (nSPS) is 12.6. The maximum Gasteiger partial charge on any atom is 0.405 e. The van der Waals surface area contributed by atoms with Crippen molar-refractivity contribution < 1.29 is 19.4 Å². The van der Waals surface area contributed by atoms with Crippen LogP contribution in [-0.2, 0) is 9.47 Å². The number of amides is 1. The summed E-state index contributed by atoms with van der Waals surface area (Å²) in [5.41, 5.74) is 3.22. The average Bonchev–Trinajstić information content (AvgIpc) is 1.78. The van der Waals surface area contributed by atoms with Gasteiger partial charge in [-0.05, 0) is 27.7 Å². The second-order valence-electron chi connectivity index (χ2n) is 4.49. The Morgan fingerprint density at radius 1 is 1.29 bits per heavy atom. The largest absolute Gasteiger partial charge is 0.441 e. The van der Waals surface area contributed by atoms with Crippen molar-refractivity contribution in [2.24, 2.45) is 5.73 Å². The van der Waals surface area contributed by atoms with Crippen LogP contribution in [0.3, 0.4) is 0 Å². The summed E-state index contributed by atoms with van der Waals surface area (Å²) in [6, 6.07) is 0. The van der Waals surface area contributed by atoms with Gasteiger partial charge in [0.1, 0.15) is 5.60 Å². The lowest BCUT2D eigenvalue weighted by Gasteiger charge is -2.25. The number of aliphatic hydroxyl groups is 1. The van der Waals surface area contributed by atoms with Crippen molar-refractivity contribution in [2.45, 2.75) is 38.9 Å². The Balaban J connectivity index is 3.82. The average molecular weight is 205 g/mol. The molecule has 84 valence electrons. The molecule has 0 radical (unpaired) electrons. The van der Waals surface area contributed by atoms with E-state index in [9.17, 15) is 9.90 Å². The minimum Gasteiger partial charge on any atom is -0.441 e. The molecule has 0 atom stereocenters. The number of carbonyl (C=O) groups excluding carboxylic acids is 1. The summed E-state index contributed by atoms with van der Waals surface area (Å²) in [5, 5.41) is 9.34. The molecule has 0 rings (SSSR count). The van der Waals surface area contributed by atoms with Gasteiger partial charge < -0.3 is 20.3 Å². The van der Waals surface area contributed by atoms with Gasteiger partial charge in [-0.25, -0.2) is 4.79 Å². The van der Waals surface area contributed by atoms with Crippen LogP contribution >= 0.6 is 0 Å². The summed E-state index contributed by atoms with van der Waals surface area (Å²) >= 11 is 0. The molecule has 0 aliphatic rings. The van der Waals surface area contributed by atoms with E-state index in [-0.39, 0.29) is 13.2 Å². The van der Waals surface area contributed by atoms with Crippen LogP contribution in [0.1, 0.15) is 27.7 Å². The van der Waals surface area contributed by atoms with E-state index in [0.717, 1.165) is 0 Å². The fraction of sp³-hybridized carbons (Fsp3) is 0.889. The fourth-order valence-corrected chi connectivity index (χ4v) is 0.848. The van der Waals surface area contributed by atoms with Crippen LogP contribution < -0.4 is 5.73 Å². The van der Waals surface area contributed by atoms with Gasteiger partial charge in [0.05, 0.1) is 18.8 Å². The molecule has 0 fully saturated rings. The molecular weight excluding hydrogens is 186 g/mol. The van der Waals surface area contributed by atoms with Gasteiger partial charge >= 0.3 is 6.09 Å². The van der Waals surface area contributed by atoms with Gasteiger partial charge in [0, 0.05) is 0 Å². The Hall–Kier alpha value is -0.810. The molecule has 0 aliphatic carbocycles. The third kappa shape index (κ3) is 7.82.